The van der Waals surface area contributed by atoms with Gasteiger partial charge in [0.1, 0.15) is 0 Å². The molecule has 2 aliphatic carbocycles. The van der Waals surface area contributed by atoms with E-state index in [0.29, 0.717) is 11.2 Å². The molecule has 0 bridgehead atoms. The third kappa shape index (κ3) is 3.02. The SMILES string of the molecule is C1=CC2=C(C=CC1)C1C=C(c3ccc4c(c3)c3ccccc3n4-c3ccccc3)C=CC1S2. The van der Waals surface area contributed by atoms with Crippen molar-refractivity contribution in [1.82, 2.24) is 4.57 Å². The van der Waals surface area contributed by atoms with E-state index in [4.69, 9.17) is 0 Å². The van der Waals surface area contributed by atoms with Crippen LogP contribution in [-0.4, -0.2) is 9.82 Å². The van der Waals surface area contributed by atoms with E-state index in [-0.39, 0.29) is 0 Å². The highest BCUT2D eigenvalue weighted by Crippen LogP contribution is 2.48. The number of nitrogens with zero attached hydrogens (tertiary/aromatic N) is 1. The molecule has 1 aromatic heterocycles. The van der Waals surface area contributed by atoms with E-state index < -0.39 is 0 Å². The van der Waals surface area contributed by atoms with E-state index in [0.717, 1.165) is 6.42 Å². The lowest BCUT2D eigenvalue weighted by molar-refractivity contribution is 0.822. The maximum atomic E-state index is 2.49. The fourth-order valence-corrected chi connectivity index (χ4v) is 6.74. The molecule has 4 aromatic rings. The second-order valence-electron chi connectivity index (χ2n) is 8.87. The van der Waals surface area contributed by atoms with E-state index in [1.807, 2.05) is 11.8 Å². The Morgan fingerprint density at radius 1 is 0.758 bits per heavy atom. The number of thioether (sulfide) groups is 1. The fraction of sp³-hybridized carbons (Fsp3) is 0.0968. The molecule has 0 saturated carbocycles. The van der Waals surface area contributed by atoms with Crippen LogP contribution in [0.5, 0.6) is 0 Å². The van der Waals surface area contributed by atoms with Gasteiger partial charge in [-0.25, -0.2) is 0 Å². The molecule has 7 rings (SSSR count). The molecule has 158 valence electrons. The molecule has 0 spiro atoms. The van der Waals surface area contributed by atoms with E-state index >= 15 is 0 Å². The smallest absolute Gasteiger partial charge is 0.0541 e. The van der Waals surface area contributed by atoms with Crippen LogP contribution in [0.15, 0.2) is 126 Å². The van der Waals surface area contributed by atoms with Crippen molar-refractivity contribution in [3.05, 3.63) is 131 Å². The van der Waals surface area contributed by atoms with E-state index in [1.165, 1.54) is 49.1 Å². The van der Waals surface area contributed by atoms with E-state index in [1.54, 1.807) is 0 Å². The topological polar surface area (TPSA) is 4.93 Å². The van der Waals surface area contributed by atoms with Gasteiger partial charge in [-0.1, -0.05) is 85.0 Å². The summed E-state index contributed by atoms with van der Waals surface area (Å²) in [5.41, 5.74) is 7.80. The summed E-state index contributed by atoms with van der Waals surface area (Å²) in [6, 6.07) is 26.4. The number of benzene rings is 3. The zero-order valence-electron chi connectivity index (χ0n) is 18.2. The molecule has 2 unspecified atom stereocenters. The van der Waals surface area contributed by atoms with Gasteiger partial charge in [0, 0.05) is 32.5 Å². The van der Waals surface area contributed by atoms with Gasteiger partial charge in [-0.2, -0.15) is 0 Å². The first-order valence-electron chi connectivity index (χ1n) is 11.6. The maximum absolute atomic E-state index is 2.49. The van der Waals surface area contributed by atoms with Crippen molar-refractivity contribution in [2.45, 2.75) is 11.7 Å². The Labute approximate surface area is 198 Å². The average Bonchev–Trinajstić information content (AvgIpc) is 3.28. The summed E-state index contributed by atoms with van der Waals surface area (Å²) in [6.45, 7) is 0. The highest BCUT2D eigenvalue weighted by Gasteiger charge is 2.33. The number of rotatable bonds is 2. The number of fused-ring (bicyclic) bond motifs is 5. The Morgan fingerprint density at radius 3 is 2.52 bits per heavy atom. The molecule has 2 heteroatoms. The first-order valence-corrected chi connectivity index (χ1v) is 12.5. The fourth-order valence-electron chi connectivity index (χ4n) is 5.40. The highest BCUT2D eigenvalue weighted by atomic mass is 32.2. The quantitative estimate of drug-likeness (QED) is 0.303. The molecular weight excluding hydrogens is 418 g/mol. The zero-order chi connectivity index (χ0) is 21.8. The standard InChI is InChI=1S/C31H23NS/c1-3-9-23(10-4-1)32-28-13-8-7-11-24(28)26-19-21(15-17-29(26)32)22-16-18-31-27(20-22)25-12-5-2-6-14-30(25)33-31/h1,3-20,27,31H,2H2. The van der Waals surface area contributed by atoms with Crippen molar-refractivity contribution in [1.29, 1.82) is 0 Å². The lowest BCUT2D eigenvalue weighted by atomic mass is 9.86. The molecule has 1 nitrogen and oxygen atoms in total. The minimum atomic E-state index is 0.449. The zero-order valence-corrected chi connectivity index (χ0v) is 19.0. The van der Waals surface area contributed by atoms with Crippen molar-refractivity contribution in [3.63, 3.8) is 0 Å². The molecule has 0 N–H and O–H groups in total. The monoisotopic (exact) mass is 441 g/mol. The van der Waals surface area contributed by atoms with Crippen molar-refractivity contribution in [2.75, 3.05) is 0 Å². The van der Waals surface area contributed by atoms with Gasteiger partial charge >= 0.3 is 0 Å². The maximum Gasteiger partial charge on any atom is 0.0541 e. The predicted molar refractivity (Wildman–Crippen MR) is 143 cm³/mol. The Hall–Kier alpha value is -3.49. The van der Waals surface area contributed by atoms with Gasteiger partial charge in [-0.15, -0.1) is 11.8 Å². The number of hydrogen-bond donors (Lipinski definition) is 0. The summed E-state index contributed by atoms with van der Waals surface area (Å²) < 4.78 is 2.38. The second kappa shape index (κ2) is 7.54. The molecule has 0 fully saturated rings. The first kappa shape index (κ1) is 19.0. The lowest BCUT2D eigenvalue weighted by Crippen LogP contribution is -2.13. The van der Waals surface area contributed by atoms with Gasteiger partial charge < -0.3 is 4.57 Å². The van der Waals surface area contributed by atoms with Crippen LogP contribution >= 0.6 is 11.8 Å². The van der Waals surface area contributed by atoms with Crippen LogP contribution in [0, 0.1) is 5.92 Å². The normalized spacial score (nSPS) is 21.4. The summed E-state index contributed by atoms with van der Waals surface area (Å²) in [7, 11) is 0. The van der Waals surface area contributed by atoms with Gasteiger partial charge in [-0.05, 0) is 53.5 Å². The minimum absolute atomic E-state index is 0.449. The number of hydrogen-bond acceptors (Lipinski definition) is 1. The molecule has 3 aliphatic rings. The largest absolute Gasteiger partial charge is 0.309 e. The minimum Gasteiger partial charge on any atom is -0.309 e. The molecule has 0 saturated heterocycles. The predicted octanol–water partition coefficient (Wildman–Crippen LogP) is 8.24. The molecule has 0 radical (unpaired) electrons. The van der Waals surface area contributed by atoms with Crippen LogP contribution in [0.2, 0.25) is 0 Å². The van der Waals surface area contributed by atoms with Gasteiger partial charge in [-0.3, -0.25) is 0 Å². The van der Waals surface area contributed by atoms with Crippen LogP contribution in [-0.2, 0) is 0 Å². The summed E-state index contributed by atoms with van der Waals surface area (Å²) in [6.07, 6.45) is 17.5. The summed E-state index contributed by atoms with van der Waals surface area (Å²) in [5, 5.41) is 3.12. The number of allylic oxidation sites excluding steroid dienone is 8. The Balaban J connectivity index is 1.38. The first-order chi connectivity index (χ1) is 16.4. The van der Waals surface area contributed by atoms with Gasteiger partial charge in [0.2, 0.25) is 0 Å². The van der Waals surface area contributed by atoms with Crippen LogP contribution in [0.25, 0.3) is 33.1 Å². The van der Waals surface area contributed by atoms with Crippen molar-refractivity contribution >= 4 is 39.1 Å². The third-order valence-corrected chi connectivity index (χ3v) is 8.29. The molecule has 33 heavy (non-hydrogen) atoms. The third-order valence-electron chi connectivity index (χ3n) is 6.94. The molecule has 3 aromatic carbocycles. The van der Waals surface area contributed by atoms with Crippen LogP contribution in [0.3, 0.4) is 0 Å². The number of para-hydroxylation sites is 2. The van der Waals surface area contributed by atoms with Crippen LogP contribution in [0.4, 0.5) is 0 Å². The van der Waals surface area contributed by atoms with Crippen molar-refractivity contribution in [3.8, 4) is 5.69 Å². The van der Waals surface area contributed by atoms with Gasteiger partial charge in [0.05, 0.1) is 11.0 Å². The molecule has 1 aliphatic heterocycles. The van der Waals surface area contributed by atoms with E-state index in [2.05, 4.69) is 120 Å². The average molecular weight is 442 g/mol. The van der Waals surface area contributed by atoms with Crippen molar-refractivity contribution < 1.29 is 0 Å². The lowest BCUT2D eigenvalue weighted by Gasteiger charge is -2.20. The molecule has 2 atom stereocenters. The Bertz CT molecular complexity index is 1560. The summed E-state index contributed by atoms with van der Waals surface area (Å²) >= 11 is 2.00. The molecular formula is C31H23NS. The summed E-state index contributed by atoms with van der Waals surface area (Å²) in [5.74, 6) is 0.449. The Morgan fingerprint density at radius 2 is 1.58 bits per heavy atom. The highest BCUT2D eigenvalue weighted by molar-refractivity contribution is 8.04. The van der Waals surface area contributed by atoms with Gasteiger partial charge in [0.25, 0.3) is 0 Å². The van der Waals surface area contributed by atoms with Gasteiger partial charge in [0.15, 0.2) is 0 Å². The summed E-state index contributed by atoms with van der Waals surface area (Å²) in [4.78, 5) is 1.43. The Kier molecular flexibility index (Phi) is 4.34. The molecule has 2 heterocycles. The van der Waals surface area contributed by atoms with Crippen molar-refractivity contribution in [2.24, 2.45) is 5.92 Å². The van der Waals surface area contributed by atoms with Crippen LogP contribution in [0.1, 0.15) is 12.0 Å². The number of aromatic nitrogens is 1. The molecule has 0 amide bonds. The second-order valence-corrected chi connectivity index (χ2v) is 10.1. The van der Waals surface area contributed by atoms with E-state index in [9.17, 15) is 0 Å². The van der Waals surface area contributed by atoms with Crippen LogP contribution < -0.4 is 0 Å².